The van der Waals surface area contributed by atoms with E-state index in [1.54, 1.807) is 0 Å². The van der Waals surface area contributed by atoms with Crippen molar-refractivity contribution in [2.24, 2.45) is 5.92 Å². The Bertz CT molecular complexity index is 3170. The number of benzene rings is 9. The van der Waals surface area contributed by atoms with Gasteiger partial charge in [-0.1, -0.05) is 207 Å². The Morgan fingerprint density at radius 3 is 1.52 bits per heavy atom. The molecular formula is C63H48N2. The van der Waals surface area contributed by atoms with Gasteiger partial charge >= 0.3 is 0 Å². The van der Waals surface area contributed by atoms with Crippen LogP contribution in [0.5, 0.6) is 0 Å². The molecule has 11 rings (SSSR count). The predicted octanol–water partition coefficient (Wildman–Crippen LogP) is 17.0. The van der Waals surface area contributed by atoms with Crippen LogP contribution in [-0.4, -0.2) is 0 Å². The summed E-state index contributed by atoms with van der Waals surface area (Å²) in [5.74, 6) is 0.193. The lowest BCUT2D eigenvalue weighted by atomic mass is 9.64. The summed E-state index contributed by atoms with van der Waals surface area (Å²) in [6, 6.07) is 83.4. The maximum Gasteiger partial charge on any atom is 0.0540 e. The minimum absolute atomic E-state index is 0.169. The van der Waals surface area contributed by atoms with E-state index in [-0.39, 0.29) is 11.3 Å². The van der Waals surface area contributed by atoms with Gasteiger partial charge in [-0.2, -0.15) is 0 Å². The van der Waals surface area contributed by atoms with E-state index in [2.05, 4.69) is 284 Å². The minimum Gasteiger partial charge on any atom is -0.310 e. The molecule has 2 aliphatic carbocycles. The van der Waals surface area contributed by atoms with Crippen molar-refractivity contribution in [1.82, 2.24) is 0 Å². The molecule has 9 aromatic rings. The van der Waals surface area contributed by atoms with Crippen molar-refractivity contribution in [3.8, 4) is 33.4 Å². The summed E-state index contributed by atoms with van der Waals surface area (Å²) in [6.45, 7) is 2.36. The van der Waals surface area contributed by atoms with Gasteiger partial charge in [-0.15, -0.1) is 0 Å². The molecule has 0 saturated heterocycles. The van der Waals surface area contributed by atoms with Crippen LogP contribution in [0.25, 0.3) is 44.2 Å². The number of hydrogen-bond donors (Lipinski definition) is 0. The third kappa shape index (κ3) is 7.60. The van der Waals surface area contributed by atoms with Crippen LogP contribution in [0.1, 0.15) is 12.5 Å². The zero-order chi connectivity index (χ0) is 43.6. The quantitative estimate of drug-likeness (QED) is 0.135. The van der Waals surface area contributed by atoms with E-state index in [1.165, 1.54) is 49.9 Å². The molecule has 2 unspecified atom stereocenters. The molecule has 2 aliphatic rings. The van der Waals surface area contributed by atoms with Gasteiger partial charge < -0.3 is 9.80 Å². The normalized spacial score (nSPS) is 16.4. The molecule has 0 bridgehead atoms. The fourth-order valence-corrected chi connectivity index (χ4v) is 9.81. The number of rotatable bonds is 10. The molecule has 2 heteroatoms. The molecule has 0 aliphatic heterocycles. The summed E-state index contributed by atoms with van der Waals surface area (Å²) >= 11 is 0. The summed E-state index contributed by atoms with van der Waals surface area (Å²) in [5.41, 5.74) is 16.2. The van der Waals surface area contributed by atoms with Gasteiger partial charge in [0.2, 0.25) is 0 Å². The SMILES string of the molecule is CC1(c2ccccc2)C=CC(N(c2ccccc2)c2ccc(-c3ccc(N(c4cc(-c5ccccc5)cc(-c5ccccc5)c4)c4cccc5ccccc45)cc3)cc2)=C2C=CC=CC21. The van der Waals surface area contributed by atoms with Crippen LogP contribution in [-0.2, 0) is 5.41 Å². The van der Waals surface area contributed by atoms with Crippen molar-refractivity contribution in [2.75, 3.05) is 9.80 Å². The largest absolute Gasteiger partial charge is 0.310 e. The smallest absolute Gasteiger partial charge is 0.0540 e. The van der Waals surface area contributed by atoms with Gasteiger partial charge in [-0.05, 0) is 117 Å². The molecule has 0 spiro atoms. The Balaban J connectivity index is 0.981. The summed E-state index contributed by atoms with van der Waals surface area (Å²) < 4.78 is 0. The highest BCUT2D eigenvalue weighted by atomic mass is 15.2. The Labute approximate surface area is 382 Å². The van der Waals surface area contributed by atoms with Gasteiger partial charge in [0.05, 0.1) is 5.69 Å². The highest BCUT2D eigenvalue weighted by Gasteiger charge is 2.39. The lowest BCUT2D eigenvalue weighted by Crippen LogP contribution is -2.35. The maximum atomic E-state index is 2.42. The average molecular weight is 833 g/mol. The molecule has 0 N–H and O–H groups in total. The minimum atomic E-state index is -0.169. The molecule has 2 nitrogen and oxygen atoms in total. The number of nitrogens with zero attached hydrogens (tertiary/aromatic N) is 2. The van der Waals surface area contributed by atoms with E-state index in [4.69, 9.17) is 0 Å². The van der Waals surface area contributed by atoms with E-state index in [9.17, 15) is 0 Å². The van der Waals surface area contributed by atoms with Crippen LogP contribution in [0, 0.1) is 5.92 Å². The van der Waals surface area contributed by atoms with Crippen molar-refractivity contribution in [1.29, 1.82) is 0 Å². The number of fused-ring (bicyclic) bond motifs is 2. The third-order valence-corrected chi connectivity index (χ3v) is 13.2. The Morgan fingerprint density at radius 2 is 0.892 bits per heavy atom. The highest BCUT2D eigenvalue weighted by molar-refractivity contribution is 6.00. The molecule has 2 atom stereocenters. The topological polar surface area (TPSA) is 6.48 Å². The summed E-state index contributed by atoms with van der Waals surface area (Å²) in [5, 5.41) is 2.40. The fourth-order valence-electron chi connectivity index (χ4n) is 9.81. The van der Waals surface area contributed by atoms with Crippen LogP contribution >= 0.6 is 0 Å². The van der Waals surface area contributed by atoms with Crippen LogP contribution in [0.3, 0.4) is 0 Å². The molecule has 0 aromatic heterocycles. The Kier molecular flexibility index (Phi) is 10.5. The summed E-state index contributed by atoms with van der Waals surface area (Å²) in [6.07, 6.45) is 13.8. The third-order valence-electron chi connectivity index (χ3n) is 13.2. The number of hydrogen-bond acceptors (Lipinski definition) is 2. The van der Waals surface area contributed by atoms with Crippen LogP contribution in [0.2, 0.25) is 0 Å². The van der Waals surface area contributed by atoms with Crippen LogP contribution in [0.4, 0.5) is 28.4 Å². The Hall–Kier alpha value is -8.20. The van der Waals surface area contributed by atoms with Gasteiger partial charge in [0.15, 0.2) is 0 Å². The first-order chi connectivity index (χ1) is 32.1. The highest BCUT2D eigenvalue weighted by Crippen LogP contribution is 2.48. The van der Waals surface area contributed by atoms with Gasteiger partial charge in [0.25, 0.3) is 0 Å². The van der Waals surface area contributed by atoms with E-state index < -0.39 is 0 Å². The molecule has 0 heterocycles. The second-order valence-electron chi connectivity index (χ2n) is 17.1. The molecule has 310 valence electrons. The van der Waals surface area contributed by atoms with Gasteiger partial charge in [0.1, 0.15) is 0 Å². The zero-order valence-corrected chi connectivity index (χ0v) is 36.4. The van der Waals surface area contributed by atoms with Crippen molar-refractivity contribution in [3.05, 3.63) is 284 Å². The van der Waals surface area contributed by atoms with Crippen molar-refractivity contribution < 1.29 is 0 Å². The van der Waals surface area contributed by atoms with Gasteiger partial charge in [-0.25, -0.2) is 0 Å². The zero-order valence-electron chi connectivity index (χ0n) is 36.4. The van der Waals surface area contributed by atoms with Crippen molar-refractivity contribution >= 4 is 39.2 Å². The molecular weight excluding hydrogens is 785 g/mol. The molecule has 0 fully saturated rings. The number of allylic oxidation sites excluding steroid dienone is 7. The predicted molar refractivity (Wildman–Crippen MR) is 275 cm³/mol. The van der Waals surface area contributed by atoms with Crippen LogP contribution in [0.15, 0.2) is 278 Å². The van der Waals surface area contributed by atoms with E-state index in [0.29, 0.717) is 0 Å². The average Bonchev–Trinajstić information content (AvgIpc) is 3.39. The molecule has 65 heavy (non-hydrogen) atoms. The lowest BCUT2D eigenvalue weighted by Gasteiger charge is -2.42. The van der Waals surface area contributed by atoms with Gasteiger partial charge in [0, 0.05) is 45.2 Å². The molecule has 0 amide bonds. The number of anilines is 5. The maximum absolute atomic E-state index is 2.42. The standard InChI is InChI=1S/C63H48N2/c1-63(53-25-10-4-11-26-53)42-41-62(59-30-16-17-31-60(59)63)64(54-27-12-5-13-28-54)55-37-33-48(34-38-55)49-35-39-56(40-36-49)65(61-32-18-24-50-23-14-15-29-58(50)61)57-44-51(46-19-6-2-7-20-46)43-52(45-57)47-21-8-3-9-22-47/h2-45,60H,1H3. The second-order valence-corrected chi connectivity index (χ2v) is 17.1. The van der Waals surface area contributed by atoms with Crippen LogP contribution < -0.4 is 9.80 Å². The first-order valence-corrected chi connectivity index (χ1v) is 22.5. The van der Waals surface area contributed by atoms with E-state index in [1.807, 2.05) is 0 Å². The molecule has 9 aromatic carbocycles. The lowest BCUT2D eigenvalue weighted by molar-refractivity contribution is 0.477. The van der Waals surface area contributed by atoms with Crippen molar-refractivity contribution in [2.45, 2.75) is 12.3 Å². The monoisotopic (exact) mass is 832 g/mol. The van der Waals surface area contributed by atoms with E-state index in [0.717, 1.165) is 39.6 Å². The van der Waals surface area contributed by atoms with Crippen molar-refractivity contribution in [3.63, 3.8) is 0 Å². The first-order valence-electron chi connectivity index (χ1n) is 22.5. The first kappa shape index (κ1) is 39.6. The molecule has 0 saturated carbocycles. The Morgan fingerprint density at radius 1 is 0.385 bits per heavy atom. The fraction of sp³-hybridized carbons (Fsp3) is 0.0476. The van der Waals surface area contributed by atoms with Gasteiger partial charge in [-0.3, -0.25) is 0 Å². The summed E-state index contributed by atoms with van der Waals surface area (Å²) in [4.78, 5) is 4.83. The number of para-hydroxylation sites is 1. The van der Waals surface area contributed by atoms with E-state index >= 15 is 0 Å². The summed E-state index contributed by atoms with van der Waals surface area (Å²) in [7, 11) is 0. The molecule has 0 radical (unpaired) electrons. The second kappa shape index (κ2) is 17.2.